The van der Waals surface area contributed by atoms with E-state index >= 15 is 0 Å². The van der Waals surface area contributed by atoms with Gasteiger partial charge in [0.1, 0.15) is 5.82 Å². The monoisotopic (exact) mass is 325 g/mol. The molecule has 1 aromatic heterocycles. The zero-order chi connectivity index (χ0) is 17.7. The minimum atomic E-state index is -0.0538. The molecule has 0 bridgehead atoms. The third kappa shape index (κ3) is 5.46. The molecule has 1 heterocycles. The number of benzene rings is 1. The summed E-state index contributed by atoms with van der Waals surface area (Å²) in [6.45, 7) is 9.59. The van der Waals surface area contributed by atoms with Gasteiger partial charge < -0.3 is 5.32 Å². The minimum absolute atomic E-state index is 0.0538. The van der Waals surface area contributed by atoms with Crippen molar-refractivity contribution in [2.45, 2.75) is 39.7 Å². The van der Waals surface area contributed by atoms with Crippen LogP contribution in [0.1, 0.15) is 37.6 Å². The molecule has 128 valence electrons. The van der Waals surface area contributed by atoms with Crippen molar-refractivity contribution in [2.75, 3.05) is 18.9 Å². The van der Waals surface area contributed by atoms with Crippen molar-refractivity contribution in [1.29, 1.82) is 0 Å². The van der Waals surface area contributed by atoms with E-state index in [4.69, 9.17) is 0 Å². The molecule has 0 fully saturated rings. The minimum Gasteiger partial charge on any atom is -0.310 e. The van der Waals surface area contributed by atoms with Crippen molar-refractivity contribution in [1.82, 2.24) is 9.88 Å². The van der Waals surface area contributed by atoms with Crippen molar-refractivity contribution < 1.29 is 4.79 Å². The Labute approximate surface area is 144 Å². The molecule has 0 unspecified atom stereocenters. The molecular weight excluding hydrogens is 298 g/mol. The summed E-state index contributed by atoms with van der Waals surface area (Å²) in [5.74, 6) is 0.546. The number of likely N-dealkylation sites (N-methyl/N-ethyl adjacent to an activating group) is 1. The molecule has 0 aliphatic carbocycles. The van der Waals surface area contributed by atoms with Gasteiger partial charge in [-0.15, -0.1) is 0 Å². The van der Waals surface area contributed by atoms with Crippen molar-refractivity contribution in [3.8, 4) is 0 Å². The van der Waals surface area contributed by atoms with E-state index in [0.29, 0.717) is 12.4 Å². The van der Waals surface area contributed by atoms with Crippen LogP contribution in [0.4, 0.5) is 5.82 Å². The van der Waals surface area contributed by atoms with Crippen LogP contribution < -0.4 is 5.32 Å². The average Bonchev–Trinajstić information content (AvgIpc) is 2.46. The number of pyridine rings is 1. The highest BCUT2D eigenvalue weighted by Crippen LogP contribution is 2.22. The Balaban J connectivity index is 1.88. The zero-order valence-corrected chi connectivity index (χ0v) is 15.3. The average molecular weight is 325 g/mol. The number of hydrogen-bond donors (Lipinski definition) is 1. The first-order valence-electron chi connectivity index (χ1n) is 8.25. The molecule has 4 nitrogen and oxygen atoms in total. The number of carbonyl (C=O) groups excluding carboxylic acids is 1. The molecule has 2 rings (SSSR count). The number of carbonyl (C=O) groups is 1. The summed E-state index contributed by atoms with van der Waals surface area (Å²) in [4.78, 5) is 18.4. The van der Waals surface area contributed by atoms with Gasteiger partial charge in [-0.1, -0.05) is 51.1 Å². The van der Waals surface area contributed by atoms with Gasteiger partial charge in [0.15, 0.2) is 0 Å². The fraction of sp³-hybridized carbons (Fsp3) is 0.400. The number of aryl methyl sites for hydroxylation is 1. The van der Waals surface area contributed by atoms with Gasteiger partial charge in [0.05, 0.1) is 6.54 Å². The largest absolute Gasteiger partial charge is 0.310 e. The van der Waals surface area contributed by atoms with E-state index in [9.17, 15) is 4.79 Å². The van der Waals surface area contributed by atoms with Crippen molar-refractivity contribution in [3.05, 3.63) is 59.3 Å². The molecule has 0 aliphatic rings. The Hall–Kier alpha value is -2.20. The molecule has 24 heavy (non-hydrogen) atoms. The van der Waals surface area contributed by atoms with E-state index < -0.39 is 0 Å². The van der Waals surface area contributed by atoms with Gasteiger partial charge in [0, 0.05) is 12.2 Å². The Kier molecular flexibility index (Phi) is 5.73. The van der Waals surface area contributed by atoms with Crippen LogP contribution in [-0.2, 0) is 16.8 Å². The normalized spacial score (nSPS) is 11.6. The third-order valence-electron chi connectivity index (χ3n) is 3.84. The van der Waals surface area contributed by atoms with Crippen LogP contribution in [0, 0.1) is 6.92 Å². The van der Waals surface area contributed by atoms with Crippen molar-refractivity contribution >= 4 is 11.7 Å². The highest BCUT2D eigenvalue weighted by Gasteiger charge is 2.13. The van der Waals surface area contributed by atoms with Gasteiger partial charge in [-0.2, -0.15) is 0 Å². The van der Waals surface area contributed by atoms with Crippen molar-refractivity contribution in [3.63, 3.8) is 0 Å². The first-order chi connectivity index (χ1) is 11.2. The second-order valence-corrected chi connectivity index (χ2v) is 7.33. The quantitative estimate of drug-likeness (QED) is 0.910. The molecule has 1 amide bonds. The summed E-state index contributed by atoms with van der Waals surface area (Å²) in [5.41, 5.74) is 3.56. The van der Waals surface area contributed by atoms with Crippen LogP contribution in [0.15, 0.2) is 42.5 Å². The number of amides is 1. The Morgan fingerprint density at radius 2 is 1.79 bits per heavy atom. The van der Waals surface area contributed by atoms with Gasteiger partial charge in [0.25, 0.3) is 0 Å². The predicted octanol–water partition coefficient (Wildman–Crippen LogP) is 3.76. The number of nitrogens with one attached hydrogen (secondary N) is 1. The first kappa shape index (κ1) is 18.1. The van der Waals surface area contributed by atoms with Gasteiger partial charge in [-0.3, -0.25) is 9.69 Å². The summed E-state index contributed by atoms with van der Waals surface area (Å²) in [7, 11) is 1.95. The summed E-state index contributed by atoms with van der Waals surface area (Å²) in [5, 5.41) is 2.84. The van der Waals surface area contributed by atoms with Crippen LogP contribution >= 0.6 is 0 Å². The van der Waals surface area contributed by atoms with E-state index in [1.54, 1.807) is 6.07 Å². The molecule has 0 atom stereocenters. The molecule has 0 saturated heterocycles. The maximum absolute atomic E-state index is 12.1. The Bertz CT molecular complexity index is 687. The number of nitrogens with zero attached hydrogens (tertiary/aromatic N) is 2. The Morgan fingerprint density at radius 1 is 1.12 bits per heavy atom. The van der Waals surface area contributed by atoms with Gasteiger partial charge >= 0.3 is 0 Å². The topological polar surface area (TPSA) is 45.2 Å². The molecule has 0 aliphatic heterocycles. The highest BCUT2D eigenvalue weighted by molar-refractivity contribution is 5.91. The molecule has 4 heteroatoms. The SMILES string of the molecule is Cc1cccc(NC(=O)CN(C)Cc2ccc(C(C)(C)C)cc2)n1. The molecular formula is C20H27N3O. The van der Waals surface area contributed by atoms with E-state index in [2.05, 4.69) is 55.3 Å². The van der Waals surface area contributed by atoms with E-state index in [1.165, 1.54) is 11.1 Å². The fourth-order valence-electron chi connectivity index (χ4n) is 2.52. The van der Waals surface area contributed by atoms with Gasteiger partial charge in [0.2, 0.25) is 5.91 Å². The summed E-state index contributed by atoms with van der Waals surface area (Å²) in [6.07, 6.45) is 0. The maximum Gasteiger partial charge on any atom is 0.239 e. The van der Waals surface area contributed by atoms with E-state index in [1.807, 2.05) is 31.0 Å². The number of rotatable bonds is 5. The lowest BCUT2D eigenvalue weighted by molar-refractivity contribution is -0.117. The lowest BCUT2D eigenvalue weighted by Gasteiger charge is -2.20. The van der Waals surface area contributed by atoms with E-state index in [0.717, 1.165) is 12.2 Å². The zero-order valence-electron chi connectivity index (χ0n) is 15.3. The maximum atomic E-state index is 12.1. The number of hydrogen-bond acceptors (Lipinski definition) is 3. The predicted molar refractivity (Wildman–Crippen MR) is 99.1 cm³/mol. The van der Waals surface area contributed by atoms with Gasteiger partial charge in [-0.05, 0) is 42.6 Å². The molecule has 1 N–H and O–H groups in total. The Morgan fingerprint density at radius 3 is 2.38 bits per heavy atom. The summed E-state index contributed by atoms with van der Waals surface area (Å²) >= 11 is 0. The second kappa shape index (κ2) is 7.58. The molecule has 2 aromatic rings. The second-order valence-electron chi connectivity index (χ2n) is 7.33. The van der Waals surface area contributed by atoms with Gasteiger partial charge in [-0.25, -0.2) is 4.98 Å². The third-order valence-corrected chi connectivity index (χ3v) is 3.84. The lowest BCUT2D eigenvalue weighted by atomic mass is 9.87. The molecule has 0 radical (unpaired) electrons. The molecule has 0 spiro atoms. The smallest absolute Gasteiger partial charge is 0.239 e. The lowest BCUT2D eigenvalue weighted by Crippen LogP contribution is -2.30. The summed E-state index contributed by atoms with van der Waals surface area (Å²) < 4.78 is 0. The van der Waals surface area contributed by atoms with Crippen LogP contribution in [0.5, 0.6) is 0 Å². The fourth-order valence-corrected chi connectivity index (χ4v) is 2.52. The van der Waals surface area contributed by atoms with Crippen LogP contribution in [-0.4, -0.2) is 29.4 Å². The summed E-state index contributed by atoms with van der Waals surface area (Å²) in [6, 6.07) is 14.2. The van der Waals surface area contributed by atoms with E-state index in [-0.39, 0.29) is 11.3 Å². The molecule has 1 aromatic carbocycles. The number of anilines is 1. The van der Waals surface area contributed by atoms with Crippen molar-refractivity contribution in [2.24, 2.45) is 0 Å². The van der Waals surface area contributed by atoms with Crippen LogP contribution in [0.2, 0.25) is 0 Å². The first-order valence-corrected chi connectivity index (χ1v) is 8.25. The van der Waals surface area contributed by atoms with Crippen LogP contribution in [0.25, 0.3) is 0 Å². The standard InChI is InChI=1S/C20H27N3O/c1-15-7-6-8-18(21-15)22-19(24)14-23(5)13-16-9-11-17(12-10-16)20(2,3)4/h6-12H,13-14H2,1-5H3,(H,21,22,24). The highest BCUT2D eigenvalue weighted by atomic mass is 16.2. The molecule has 0 saturated carbocycles. The number of aromatic nitrogens is 1. The van der Waals surface area contributed by atoms with Crippen LogP contribution in [0.3, 0.4) is 0 Å².